The lowest BCUT2D eigenvalue weighted by molar-refractivity contribution is -0.287. The van der Waals surface area contributed by atoms with Gasteiger partial charge in [0.25, 0.3) is 0 Å². The van der Waals surface area contributed by atoms with Crippen LogP contribution in [0.25, 0.3) is 0 Å². The van der Waals surface area contributed by atoms with Gasteiger partial charge in [0.15, 0.2) is 11.5 Å². The van der Waals surface area contributed by atoms with Gasteiger partial charge in [0.1, 0.15) is 6.10 Å². The number of morpholine rings is 1. The number of para-hydroxylation sites is 1. The van der Waals surface area contributed by atoms with E-state index in [2.05, 4.69) is 24.6 Å². The number of benzene rings is 1. The van der Waals surface area contributed by atoms with Gasteiger partial charge in [0.05, 0.1) is 6.10 Å². The van der Waals surface area contributed by atoms with Crippen LogP contribution in [0.3, 0.4) is 0 Å². The number of halogens is 2. The van der Waals surface area contributed by atoms with Crippen LogP contribution in [0.5, 0.6) is 11.5 Å². The lowest BCUT2D eigenvalue weighted by Gasteiger charge is -2.35. The van der Waals surface area contributed by atoms with E-state index < -0.39 is 6.29 Å². The van der Waals surface area contributed by atoms with E-state index in [0.717, 1.165) is 0 Å². The van der Waals surface area contributed by atoms with Crippen molar-refractivity contribution in [3.05, 3.63) is 35.5 Å². The Bertz CT molecular complexity index is 782. The molecule has 0 aliphatic carbocycles. The summed E-state index contributed by atoms with van der Waals surface area (Å²) in [5, 5.41) is 7.83. The minimum atomic E-state index is -3.62. The van der Waals surface area contributed by atoms with E-state index >= 15 is 0 Å². The normalized spacial score (nSPS) is 25.3. The predicted molar refractivity (Wildman–Crippen MR) is 80.2 cm³/mol. The second-order valence-corrected chi connectivity index (χ2v) is 6.20. The maximum atomic E-state index is 13.3. The summed E-state index contributed by atoms with van der Waals surface area (Å²) in [5.41, 5.74) is 0.629. The highest BCUT2D eigenvalue weighted by atomic mass is 19.3. The van der Waals surface area contributed by atoms with E-state index in [1.165, 1.54) is 6.07 Å². The van der Waals surface area contributed by atoms with Crippen molar-refractivity contribution >= 4 is 0 Å². The highest BCUT2D eigenvalue weighted by Gasteiger charge is 2.44. The number of aromatic nitrogens is 2. The van der Waals surface area contributed by atoms with Gasteiger partial charge in [-0.25, -0.2) is 0 Å². The van der Waals surface area contributed by atoms with Crippen LogP contribution in [0.1, 0.15) is 30.4 Å². The highest BCUT2D eigenvalue weighted by Crippen LogP contribution is 2.43. The molecule has 1 aromatic carbocycles. The van der Waals surface area contributed by atoms with Crippen LogP contribution in [-0.4, -0.2) is 40.6 Å². The molecule has 2 atom stereocenters. The average Bonchev–Trinajstić information content (AvgIpc) is 3.09. The Morgan fingerprint density at radius 3 is 2.84 bits per heavy atom. The van der Waals surface area contributed by atoms with Gasteiger partial charge in [-0.1, -0.05) is 12.1 Å². The summed E-state index contributed by atoms with van der Waals surface area (Å²) in [6.07, 6.45) is -4.05. The van der Waals surface area contributed by atoms with Gasteiger partial charge < -0.3 is 18.6 Å². The number of rotatable bonds is 3. The Kier molecular flexibility index (Phi) is 3.84. The van der Waals surface area contributed by atoms with E-state index in [4.69, 9.17) is 9.15 Å². The molecule has 0 unspecified atom stereocenters. The lowest BCUT2D eigenvalue weighted by atomic mass is 10.1. The molecule has 1 fully saturated rings. The molecule has 7 nitrogen and oxygen atoms in total. The summed E-state index contributed by atoms with van der Waals surface area (Å²) < 4.78 is 47.2. The molecule has 3 heterocycles. The fourth-order valence-electron chi connectivity index (χ4n) is 3.14. The summed E-state index contributed by atoms with van der Waals surface area (Å²) >= 11 is 0. The van der Waals surface area contributed by atoms with Crippen molar-refractivity contribution in [1.29, 1.82) is 0 Å². The zero-order valence-electron chi connectivity index (χ0n) is 13.7. The van der Waals surface area contributed by atoms with Gasteiger partial charge in [-0.2, -0.15) is 0 Å². The zero-order chi connectivity index (χ0) is 17.6. The van der Waals surface area contributed by atoms with Crippen LogP contribution in [0.4, 0.5) is 8.78 Å². The van der Waals surface area contributed by atoms with Gasteiger partial charge in [-0.05, 0) is 13.0 Å². The third kappa shape index (κ3) is 3.29. The van der Waals surface area contributed by atoms with Crippen molar-refractivity contribution < 1.29 is 27.4 Å². The SMILES string of the molecule is Cc1nnc([C@H]2CN(Cc3cccc4c3OC(F)(F)O4)C[C@@H](C)O2)o1. The number of hydrogen-bond donors (Lipinski definition) is 0. The number of fused-ring (bicyclic) bond motifs is 1. The third-order valence-electron chi connectivity index (χ3n) is 4.06. The second-order valence-electron chi connectivity index (χ2n) is 6.20. The first-order valence-corrected chi connectivity index (χ1v) is 7.95. The molecule has 0 spiro atoms. The molecule has 2 aliphatic rings. The van der Waals surface area contributed by atoms with Crippen LogP contribution < -0.4 is 9.47 Å². The average molecular weight is 353 g/mol. The molecule has 2 aromatic rings. The van der Waals surface area contributed by atoms with Crippen LogP contribution in [0, 0.1) is 6.92 Å². The molecule has 0 radical (unpaired) electrons. The largest absolute Gasteiger partial charge is 0.586 e. The van der Waals surface area contributed by atoms with E-state index in [1.54, 1.807) is 19.1 Å². The number of ether oxygens (including phenoxy) is 3. The van der Waals surface area contributed by atoms with Gasteiger partial charge >= 0.3 is 6.29 Å². The van der Waals surface area contributed by atoms with Crippen LogP contribution in [0.15, 0.2) is 22.6 Å². The van der Waals surface area contributed by atoms with Gasteiger partial charge in [0.2, 0.25) is 11.8 Å². The van der Waals surface area contributed by atoms with Crippen molar-refractivity contribution in [2.45, 2.75) is 38.9 Å². The summed E-state index contributed by atoms with van der Waals surface area (Å²) in [5.74, 6) is 1.01. The molecular weight excluding hydrogens is 336 g/mol. The van der Waals surface area contributed by atoms with E-state index in [9.17, 15) is 8.78 Å². The van der Waals surface area contributed by atoms with E-state index in [-0.39, 0.29) is 23.7 Å². The zero-order valence-corrected chi connectivity index (χ0v) is 13.7. The Morgan fingerprint density at radius 1 is 1.24 bits per heavy atom. The molecule has 0 N–H and O–H groups in total. The second kappa shape index (κ2) is 5.92. The molecule has 4 rings (SSSR count). The molecule has 0 amide bonds. The lowest BCUT2D eigenvalue weighted by Crippen LogP contribution is -2.42. The van der Waals surface area contributed by atoms with Crippen LogP contribution >= 0.6 is 0 Å². The summed E-state index contributed by atoms with van der Waals surface area (Å²) in [6.45, 7) is 5.22. The quantitative estimate of drug-likeness (QED) is 0.840. The molecule has 25 heavy (non-hydrogen) atoms. The molecule has 0 saturated carbocycles. The smallest absolute Gasteiger partial charge is 0.423 e. The molecular formula is C16H17F2N3O4. The standard InChI is InChI=1S/C16H17F2N3O4/c1-9-6-21(8-13(22-9)15-20-19-10(2)23-15)7-11-4-3-5-12-14(11)25-16(17,18)24-12/h3-5,9,13H,6-8H2,1-2H3/t9-,13-/m1/s1. The summed E-state index contributed by atoms with van der Waals surface area (Å²) in [7, 11) is 0. The van der Waals surface area contributed by atoms with E-state index in [0.29, 0.717) is 37.0 Å². The number of hydrogen-bond acceptors (Lipinski definition) is 7. The first-order valence-electron chi connectivity index (χ1n) is 7.95. The number of nitrogens with zero attached hydrogens (tertiary/aromatic N) is 3. The van der Waals surface area contributed by atoms with Crippen LogP contribution in [-0.2, 0) is 11.3 Å². The molecule has 9 heteroatoms. The number of aryl methyl sites for hydroxylation is 1. The first kappa shape index (κ1) is 16.2. The minimum absolute atomic E-state index is 0.0490. The fourth-order valence-corrected chi connectivity index (χ4v) is 3.14. The van der Waals surface area contributed by atoms with Crippen molar-refractivity contribution in [2.24, 2.45) is 0 Å². The molecule has 1 aromatic heterocycles. The topological polar surface area (TPSA) is 69.9 Å². The van der Waals surface area contributed by atoms with Crippen molar-refractivity contribution in [2.75, 3.05) is 13.1 Å². The molecule has 0 bridgehead atoms. The Balaban J connectivity index is 1.52. The molecule has 1 saturated heterocycles. The Labute approximate surface area is 142 Å². The van der Waals surface area contributed by atoms with Crippen molar-refractivity contribution in [1.82, 2.24) is 15.1 Å². The van der Waals surface area contributed by atoms with E-state index in [1.807, 2.05) is 6.92 Å². The Morgan fingerprint density at radius 2 is 2.08 bits per heavy atom. The maximum absolute atomic E-state index is 13.3. The molecule has 134 valence electrons. The van der Waals surface area contributed by atoms with Crippen molar-refractivity contribution in [3.8, 4) is 11.5 Å². The van der Waals surface area contributed by atoms with Gasteiger partial charge in [-0.15, -0.1) is 19.0 Å². The van der Waals surface area contributed by atoms with Gasteiger partial charge in [-0.3, -0.25) is 4.90 Å². The predicted octanol–water partition coefficient (Wildman–Crippen LogP) is 2.66. The monoisotopic (exact) mass is 353 g/mol. The number of alkyl halides is 2. The van der Waals surface area contributed by atoms with Gasteiger partial charge in [0, 0.05) is 32.1 Å². The first-order chi connectivity index (χ1) is 11.9. The molecule has 2 aliphatic heterocycles. The van der Waals surface area contributed by atoms with Crippen molar-refractivity contribution in [3.63, 3.8) is 0 Å². The van der Waals surface area contributed by atoms with Crippen LogP contribution in [0.2, 0.25) is 0 Å². The third-order valence-corrected chi connectivity index (χ3v) is 4.06. The fraction of sp³-hybridized carbons (Fsp3) is 0.500. The summed E-state index contributed by atoms with van der Waals surface area (Å²) in [4.78, 5) is 2.08. The minimum Gasteiger partial charge on any atom is -0.423 e. The highest BCUT2D eigenvalue weighted by molar-refractivity contribution is 5.48. The Hall–Kier alpha value is -2.26. The summed E-state index contributed by atoms with van der Waals surface area (Å²) in [6, 6.07) is 4.88. The maximum Gasteiger partial charge on any atom is 0.586 e.